The molecule has 0 saturated heterocycles. The minimum absolute atomic E-state index is 0.181. The zero-order valence-corrected chi connectivity index (χ0v) is 11.2. The van der Waals surface area contributed by atoms with Gasteiger partial charge in [0.25, 0.3) is 0 Å². The van der Waals surface area contributed by atoms with Crippen LogP contribution in [0.4, 0.5) is 8.78 Å². The number of ether oxygens (including phenoxy) is 1. The van der Waals surface area contributed by atoms with Gasteiger partial charge in [0, 0.05) is 19.2 Å². The predicted octanol–water partition coefficient (Wildman–Crippen LogP) is 3.14. The van der Waals surface area contributed by atoms with E-state index in [1.54, 1.807) is 29.8 Å². The van der Waals surface area contributed by atoms with Crippen molar-refractivity contribution in [1.29, 1.82) is 0 Å². The molecule has 0 radical (unpaired) electrons. The first-order valence-corrected chi connectivity index (χ1v) is 6.27. The molecule has 0 saturated carbocycles. The number of halogens is 2. The highest BCUT2D eigenvalue weighted by atomic mass is 19.1. The van der Waals surface area contributed by atoms with Crippen molar-refractivity contribution in [3.05, 3.63) is 53.9 Å². The SMILES string of the molecule is Cn1c(CO)nc2ccc(Oc3cc(F)ccc3F)cc21. The highest BCUT2D eigenvalue weighted by molar-refractivity contribution is 5.77. The summed E-state index contributed by atoms with van der Waals surface area (Å²) in [5.41, 5.74) is 1.42. The predicted molar refractivity (Wildman–Crippen MR) is 73.1 cm³/mol. The molecule has 1 heterocycles. The molecule has 3 aromatic rings. The lowest BCUT2D eigenvalue weighted by Crippen LogP contribution is -1.96. The highest BCUT2D eigenvalue weighted by Gasteiger charge is 2.10. The van der Waals surface area contributed by atoms with Crippen LogP contribution in [-0.2, 0) is 13.7 Å². The number of rotatable bonds is 3. The minimum Gasteiger partial charge on any atom is -0.454 e. The Hall–Kier alpha value is -2.47. The molecule has 1 aromatic heterocycles. The van der Waals surface area contributed by atoms with Gasteiger partial charge >= 0.3 is 0 Å². The third-order valence-corrected chi connectivity index (χ3v) is 3.21. The molecule has 108 valence electrons. The second kappa shape index (κ2) is 5.14. The maximum atomic E-state index is 13.6. The molecule has 0 bridgehead atoms. The standard InChI is InChI=1S/C15H12F2N2O2/c1-19-13-7-10(3-5-12(13)18-15(19)8-20)21-14-6-9(16)2-4-11(14)17/h2-7,20H,8H2,1H3. The van der Waals surface area contributed by atoms with E-state index in [0.717, 1.165) is 23.7 Å². The number of aryl methyl sites for hydroxylation is 1. The van der Waals surface area contributed by atoms with Crippen molar-refractivity contribution < 1.29 is 18.6 Å². The van der Waals surface area contributed by atoms with Gasteiger partial charge in [0.1, 0.15) is 24.0 Å². The summed E-state index contributed by atoms with van der Waals surface area (Å²) >= 11 is 0. The molecular formula is C15H12F2N2O2. The van der Waals surface area contributed by atoms with E-state index in [1.807, 2.05) is 0 Å². The van der Waals surface area contributed by atoms with Crippen molar-refractivity contribution in [3.8, 4) is 11.5 Å². The number of aliphatic hydroxyl groups is 1. The van der Waals surface area contributed by atoms with E-state index in [0.29, 0.717) is 17.1 Å². The van der Waals surface area contributed by atoms with Crippen LogP contribution in [0, 0.1) is 11.6 Å². The second-order valence-corrected chi connectivity index (χ2v) is 4.57. The summed E-state index contributed by atoms with van der Waals surface area (Å²) < 4.78 is 33.8. The van der Waals surface area contributed by atoms with Crippen molar-refractivity contribution in [2.75, 3.05) is 0 Å². The number of fused-ring (bicyclic) bond motifs is 1. The van der Waals surface area contributed by atoms with E-state index >= 15 is 0 Å². The Morgan fingerprint density at radius 2 is 2.00 bits per heavy atom. The summed E-state index contributed by atoms with van der Waals surface area (Å²) in [5, 5.41) is 9.19. The Kier molecular flexibility index (Phi) is 3.31. The zero-order chi connectivity index (χ0) is 15.0. The third kappa shape index (κ3) is 2.45. The molecule has 6 heteroatoms. The second-order valence-electron chi connectivity index (χ2n) is 4.57. The lowest BCUT2D eigenvalue weighted by atomic mass is 10.3. The highest BCUT2D eigenvalue weighted by Crippen LogP contribution is 2.28. The number of benzene rings is 2. The Balaban J connectivity index is 2.01. The first-order valence-electron chi connectivity index (χ1n) is 6.27. The van der Waals surface area contributed by atoms with Crippen LogP contribution in [0.3, 0.4) is 0 Å². The van der Waals surface area contributed by atoms with Gasteiger partial charge in [0.15, 0.2) is 11.6 Å². The molecule has 4 nitrogen and oxygen atoms in total. The lowest BCUT2D eigenvalue weighted by Gasteiger charge is -2.07. The molecule has 21 heavy (non-hydrogen) atoms. The Labute approximate surface area is 119 Å². The number of hydrogen-bond donors (Lipinski definition) is 1. The van der Waals surface area contributed by atoms with E-state index in [1.165, 1.54) is 0 Å². The summed E-state index contributed by atoms with van der Waals surface area (Å²) in [6, 6.07) is 7.99. The van der Waals surface area contributed by atoms with Gasteiger partial charge in [-0.05, 0) is 24.3 Å². The van der Waals surface area contributed by atoms with Gasteiger partial charge in [0.05, 0.1) is 11.0 Å². The molecule has 2 aromatic carbocycles. The first kappa shape index (κ1) is 13.5. The Morgan fingerprint density at radius 1 is 1.19 bits per heavy atom. The van der Waals surface area contributed by atoms with Gasteiger partial charge in [-0.25, -0.2) is 13.8 Å². The Morgan fingerprint density at radius 3 is 2.76 bits per heavy atom. The lowest BCUT2D eigenvalue weighted by molar-refractivity contribution is 0.268. The minimum atomic E-state index is -0.641. The number of aliphatic hydroxyl groups excluding tert-OH is 1. The van der Waals surface area contributed by atoms with Crippen LogP contribution in [0.2, 0.25) is 0 Å². The van der Waals surface area contributed by atoms with Crippen LogP contribution >= 0.6 is 0 Å². The van der Waals surface area contributed by atoms with Crippen LogP contribution in [0.15, 0.2) is 36.4 Å². The van der Waals surface area contributed by atoms with Crippen molar-refractivity contribution in [1.82, 2.24) is 9.55 Å². The molecule has 0 aliphatic carbocycles. The van der Waals surface area contributed by atoms with E-state index in [-0.39, 0.29) is 12.4 Å². The largest absolute Gasteiger partial charge is 0.454 e. The summed E-state index contributed by atoms with van der Waals surface area (Å²) in [5.74, 6) is -0.523. The van der Waals surface area contributed by atoms with Gasteiger partial charge in [-0.15, -0.1) is 0 Å². The normalized spacial score (nSPS) is 11.0. The smallest absolute Gasteiger partial charge is 0.165 e. The summed E-state index contributed by atoms with van der Waals surface area (Å²) in [7, 11) is 1.76. The third-order valence-electron chi connectivity index (χ3n) is 3.21. The van der Waals surface area contributed by atoms with Crippen LogP contribution in [0.1, 0.15) is 5.82 Å². The molecule has 0 spiro atoms. The number of nitrogens with zero attached hydrogens (tertiary/aromatic N) is 2. The first-order chi connectivity index (χ1) is 10.1. The summed E-state index contributed by atoms with van der Waals surface area (Å²) in [6.07, 6.45) is 0. The number of aromatic nitrogens is 2. The van der Waals surface area contributed by atoms with Gasteiger partial charge in [-0.2, -0.15) is 0 Å². The molecule has 0 aliphatic rings. The van der Waals surface area contributed by atoms with E-state index in [2.05, 4.69) is 4.98 Å². The van der Waals surface area contributed by atoms with Crippen molar-refractivity contribution in [2.24, 2.45) is 7.05 Å². The number of imidazole rings is 1. The molecule has 0 fully saturated rings. The fourth-order valence-corrected chi connectivity index (χ4v) is 2.11. The average Bonchev–Trinajstić information content (AvgIpc) is 2.79. The Bertz CT molecular complexity index is 815. The average molecular weight is 290 g/mol. The van der Waals surface area contributed by atoms with Crippen LogP contribution in [0.25, 0.3) is 11.0 Å². The van der Waals surface area contributed by atoms with Crippen LogP contribution in [0.5, 0.6) is 11.5 Å². The fourth-order valence-electron chi connectivity index (χ4n) is 2.11. The maximum Gasteiger partial charge on any atom is 0.165 e. The summed E-state index contributed by atoms with van der Waals surface area (Å²) in [4.78, 5) is 4.23. The van der Waals surface area contributed by atoms with Gasteiger partial charge in [-0.1, -0.05) is 0 Å². The monoisotopic (exact) mass is 290 g/mol. The van der Waals surface area contributed by atoms with Crippen LogP contribution < -0.4 is 4.74 Å². The topological polar surface area (TPSA) is 47.3 Å². The van der Waals surface area contributed by atoms with Crippen molar-refractivity contribution >= 4 is 11.0 Å². The van der Waals surface area contributed by atoms with Gasteiger partial charge in [-0.3, -0.25) is 0 Å². The van der Waals surface area contributed by atoms with Crippen molar-refractivity contribution in [2.45, 2.75) is 6.61 Å². The van der Waals surface area contributed by atoms with Crippen molar-refractivity contribution in [3.63, 3.8) is 0 Å². The van der Waals surface area contributed by atoms with Gasteiger partial charge in [0.2, 0.25) is 0 Å². The van der Waals surface area contributed by atoms with E-state index < -0.39 is 11.6 Å². The maximum absolute atomic E-state index is 13.6. The van der Waals surface area contributed by atoms with E-state index in [4.69, 9.17) is 4.74 Å². The molecule has 0 aliphatic heterocycles. The number of hydrogen-bond acceptors (Lipinski definition) is 3. The van der Waals surface area contributed by atoms with Crippen LogP contribution in [-0.4, -0.2) is 14.7 Å². The molecular weight excluding hydrogens is 278 g/mol. The molecule has 1 N–H and O–H groups in total. The van der Waals surface area contributed by atoms with Gasteiger partial charge < -0.3 is 14.4 Å². The molecule has 0 amide bonds. The molecule has 0 unspecified atom stereocenters. The summed E-state index contributed by atoms with van der Waals surface area (Å²) in [6.45, 7) is -0.181. The molecule has 3 rings (SSSR count). The quantitative estimate of drug-likeness (QED) is 0.806. The zero-order valence-electron chi connectivity index (χ0n) is 11.2. The van der Waals surface area contributed by atoms with E-state index in [9.17, 15) is 13.9 Å². The molecule has 0 atom stereocenters. The fraction of sp³-hybridized carbons (Fsp3) is 0.133.